The standard InChI is InChI=1S/C8H10ClN3OS2/c9-8-12-11-7(15-8)6(13)10-5-2-1-3-14-4-5/h5H,1-4H2,(H,10,13). The lowest BCUT2D eigenvalue weighted by Gasteiger charge is -2.21. The molecule has 1 atom stereocenters. The normalized spacial score (nSPS) is 21.3. The van der Waals surface area contributed by atoms with Crippen LogP contribution in [-0.2, 0) is 0 Å². The first-order valence-corrected chi connectivity index (χ1v) is 6.98. The first-order valence-electron chi connectivity index (χ1n) is 4.63. The van der Waals surface area contributed by atoms with Crippen molar-refractivity contribution in [2.45, 2.75) is 18.9 Å². The van der Waals surface area contributed by atoms with Crippen molar-refractivity contribution in [1.29, 1.82) is 0 Å². The van der Waals surface area contributed by atoms with Gasteiger partial charge in [0.15, 0.2) is 0 Å². The SMILES string of the molecule is O=C(NC1CCCSC1)c1nnc(Cl)s1. The minimum Gasteiger partial charge on any atom is -0.346 e. The third kappa shape index (κ3) is 3.06. The van der Waals surface area contributed by atoms with Gasteiger partial charge in [0.2, 0.25) is 9.47 Å². The van der Waals surface area contributed by atoms with Gasteiger partial charge in [-0.15, -0.1) is 10.2 Å². The fourth-order valence-corrected chi connectivity index (χ4v) is 3.20. The molecule has 0 aromatic carbocycles. The first kappa shape index (κ1) is 11.2. The Morgan fingerprint density at radius 2 is 2.40 bits per heavy atom. The molecule has 2 heterocycles. The molecule has 1 aliphatic rings. The Balaban J connectivity index is 1.91. The number of halogens is 1. The number of nitrogens with one attached hydrogen (secondary N) is 1. The third-order valence-corrected chi connectivity index (χ3v) is 4.32. The zero-order valence-electron chi connectivity index (χ0n) is 7.90. The molecular formula is C8H10ClN3OS2. The molecule has 1 saturated heterocycles. The summed E-state index contributed by atoms with van der Waals surface area (Å²) < 4.78 is 0.304. The monoisotopic (exact) mass is 263 g/mol. The van der Waals surface area contributed by atoms with E-state index in [2.05, 4.69) is 15.5 Å². The predicted molar refractivity (Wildman–Crippen MR) is 62.7 cm³/mol. The van der Waals surface area contributed by atoms with Crippen molar-refractivity contribution in [3.05, 3.63) is 9.47 Å². The molecular weight excluding hydrogens is 254 g/mol. The Bertz CT molecular complexity index is 351. The number of hydrogen-bond acceptors (Lipinski definition) is 5. The topological polar surface area (TPSA) is 54.9 Å². The van der Waals surface area contributed by atoms with Gasteiger partial charge in [0.05, 0.1) is 0 Å². The maximum Gasteiger partial charge on any atom is 0.282 e. The Hall–Kier alpha value is -0.330. The molecule has 1 N–H and O–H groups in total. The van der Waals surface area contributed by atoms with Crippen molar-refractivity contribution in [3.8, 4) is 0 Å². The van der Waals surface area contributed by atoms with Gasteiger partial charge in [0, 0.05) is 11.8 Å². The largest absolute Gasteiger partial charge is 0.346 e. The number of carbonyl (C=O) groups is 1. The van der Waals surface area contributed by atoms with Gasteiger partial charge in [0.25, 0.3) is 5.91 Å². The molecule has 1 aromatic rings. The highest BCUT2D eigenvalue weighted by molar-refractivity contribution is 7.99. The Morgan fingerprint density at radius 3 is 3.00 bits per heavy atom. The smallest absolute Gasteiger partial charge is 0.282 e. The second-order valence-corrected chi connectivity index (χ2v) is 5.96. The fraction of sp³-hybridized carbons (Fsp3) is 0.625. The van der Waals surface area contributed by atoms with Crippen LogP contribution in [0.25, 0.3) is 0 Å². The van der Waals surface area contributed by atoms with E-state index in [1.54, 1.807) is 0 Å². The molecule has 1 aromatic heterocycles. The maximum absolute atomic E-state index is 11.7. The van der Waals surface area contributed by atoms with Crippen LogP contribution in [0.4, 0.5) is 0 Å². The van der Waals surface area contributed by atoms with E-state index in [9.17, 15) is 4.79 Å². The van der Waals surface area contributed by atoms with E-state index < -0.39 is 0 Å². The summed E-state index contributed by atoms with van der Waals surface area (Å²) >= 11 is 8.59. The molecule has 1 amide bonds. The number of amides is 1. The van der Waals surface area contributed by atoms with Crippen LogP contribution in [0.5, 0.6) is 0 Å². The fourth-order valence-electron chi connectivity index (χ4n) is 1.40. The molecule has 4 nitrogen and oxygen atoms in total. The van der Waals surface area contributed by atoms with Crippen LogP contribution < -0.4 is 5.32 Å². The van der Waals surface area contributed by atoms with Crippen molar-refractivity contribution >= 4 is 40.6 Å². The highest BCUT2D eigenvalue weighted by atomic mass is 35.5. The highest BCUT2D eigenvalue weighted by Gasteiger charge is 2.19. The molecule has 2 rings (SSSR count). The summed E-state index contributed by atoms with van der Waals surface area (Å²) in [6.07, 6.45) is 2.21. The van der Waals surface area contributed by atoms with Gasteiger partial charge >= 0.3 is 0 Å². The second-order valence-electron chi connectivity index (χ2n) is 3.25. The van der Waals surface area contributed by atoms with Crippen molar-refractivity contribution < 1.29 is 4.79 Å². The van der Waals surface area contributed by atoms with E-state index >= 15 is 0 Å². The lowest BCUT2D eigenvalue weighted by atomic mass is 10.2. The molecule has 1 fully saturated rings. The Labute approximate surface area is 101 Å². The summed E-state index contributed by atoms with van der Waals surface area (Å²) in [6.45, 7) is 0. The zero-order chi connectivity index (χ0) is 10.7. The molecule has 0 bridgehead atoms. The first-order chi connectivity index (χ1) is 7.25. The second kappa shape index (κ2) is 5.14. The van der Waals surface area contributed by atoms with Crippen LogP contribution in [0.2, 0.25) is 4.47 Å². The van der Waals surface area contributed by atoms with Crippen LogP contribution in [-0.4, -0.2) is 33.7 Å². The predicted octanol–water partition coefficient (Wildman–Crippen LogP) is 1.82. The zero-order valence-corrected chi connectivity index (χ0v) is 10.3. The number of nitrogens with zero attached hydrogens (tertiary/aromatic N) is 2. The quantitative estimate of drug-likeness (QED) is 0.884. The van der Waals surface area contributed by atoms with Crippen molar-refractivity contribution in [3.63, 3.8) is 0 Å². The summed E-state index contributed by atoms with van der Waals surface area (Å²) in [6, 6.07) is 0.263. The number of hydrogen-bond donors (Lipinski definition) is 1. The van der Waals surface area contributed by atoms with Crippen molar-refractivity contribution in [2.75, 3.05) is 11.5 Å². The molecule has 7 heteroatoms. The van der Waals surface area contributed by atoms with Gasteiger partial charge < -0.3 is 5.32 Å². The summed E-state index contributed by atoms with van der Waals surface area (Å²) in [7, 11) is 0. The van der Waals surface area contributed by atoms with Crippen LogP contribution in [0.3, 0.4) is 0 Å². The number of rotatable bonds is 2. The minimum absolute atomic E-state index is 0.160. The lowest BCUT2D eigenvalue weighted by Crippen LogP contribution is -2.38. The molecule has 0 spiro atoms. The summed E-state index contributed by atoms with van der Waals surface area (Å²) in [5.74, 6) is 2.02. The summed E-state index contributed by atoms with van der Waals surface area (Å²) in [5.41, 5.74) is 0. The molecule has 15 heavy (non-hydrogen) atoms. The Morgan fingerprint density at radius 1 is 1.53 bits per heavy atom. The van der Waals surface area contributed by atoms with Gasteiger partial charge in [-0.3, -0.25) is 4.79 Å². The van der Waals surface area contributed by atoms with E-state index in [1.165, 1.54) is 5.75 Å². The number of aromatic nitrogens is 2. The van der Waals surface area contributed by atoms with Gasteiger partial charge in [-0.05, 0) is 30.2 Å². The van der Waals surface area contributed by atoms with Crippen LogP contribution in [0, 0.1) is 0 Å². The van der Waals surface area contributed by atoms with Gasteiger partial charge in [-0.2, -0.15) is 11.8 Å². The maximum atomic E-state index is 11.7. The van der Waals surface area contributed by atoms with E-state index in [1.807, 2.05) is 11.8 Å². The van der Waals surface area contributed by atoms with E-state index in [4.69, 9.17) is 11.6 Å². The van der Waals surface area contributed by atoms with Crippen molar-refractivity contribution in [1.82, 2.24) is 15.5 Å². The molecule has 0 aliphatic carbocycles. The van der Waals surface area contributed by atoms with E-state index in [0.29, 0.717) is 9.47 Å². The average Bonchev–Trinajstić information content (AvgIpc) is 2.66. The summed E-state index contributed by atoms with van der Waals surface area (Å²) in [4.78, 5) is 11.7. The van der Waals surface area contributed by atoms with Crippen LogP contribution >= 0.6 is 34.7 Å². The van der Waals surface area contributed by atoms with Crippen LogP contribution in [0.1, 0.15) is 22.6 Å². The number of thioether (sulfide) groups is 1. The van der Waals surface area contributed by atoms with E-state index in [-0.39, 0.29) is 11.9 Å². The molecule has 0 saturated carbocycles. The molecule has 1 unspecified atom stereocenters. The minimum atomic E-state index is -0.160. The van der Waals surface area contributed by atoms with E-state index in [0.717, 1.165) is 29.9 Å². The lowest BCUT2D eigenvalue weighted by molar-refractivity contribution is 0.0937. The average molecular weight is 264 g/mol. The van der Waals surface area contributed by atoms with Gasteiger partial charge in [0.1, 0.15) is 0 Å². The van der Waals surface area contributed by atoms with Crippen LogP contribution in [0.15, 0.2) is 0 Å². The third-order valence-electron chi connectivity index (χ3n) is 2.09. The molecule has 1 aliphatic heterocycles. The number of carbonyl (C=O) groups excluding carboxylic acids is 1. The summed E-state index contributed by atoms with van der Waals surface area (Å²) in [5, 5.41) is 10.6. The van der Waals surface area contributed by atoms with Crippen molar-refractivity contribution in [2.24, 2.45) is 0 Å². The van der Waals surface area contributed by atoms with Gasteiger partial charge in [-0.25, -0.2) is 0 Å². The highest BCUT2D eigenvalue weighted by Crippen LogP contribution is 2.18. The van der Waals surface area contributed by atoms with Gasteiger partial charge in [-0.1, -0.05) is 11.3 Å². The molecule has 0 radical (unpaired) electrons. The molecule has 82 valence electrons. The Kier molecular flexibility index (Phi) is 3.82.